The molecule has 0 aliphatic rings. The minimum atomic E-state index is -4.42. The van der Waals surface area contributed by atoms with Gasteiger partial charge in [0.25, 0.3) is 0 Å². The highest BCUT2D eigenvalue weighted by molar-refractivity contribution is 14.1. The molecule has 0 aliphatic carbocycles. The number of phosphoric ester groups is 1. The highest BCUT2D eigenvalue weighted by atomic mass is 124. The summed E-state index contributed by atoms with van der Waals surface area (Å²) in [5.74, 6) is 0. The lowest BCUT2D eigenvalue weighted by Gasteiger charge is -2.29. The third-order valence-electron chi connectivity index (χ3n) is 6.44. The molecule has 35 heavy (non-hydrogen) atoms. The Morgan fingerprint density at radius 1 is 0.743 bits per heavy atom. The third kappa shape index (κ3) is 21.8. The molecular weight excluding hydrogens is 569 g/mol. The van der Waals surface area contributed by atoms with E-state index in [1.54, 1.807) is 0 Å². The van der Waals surface area contributed by atoms with E-state index in [4.69, 9.17) is 14.3 Å². The van der Waals surface area contributed by atoms with Gasteiger partial charge in [0.15, 0.2) is 0 Å². The lowest BCUT2D eigenvalue weighted by molar-refractivity contribution is -0.873. The van der Waals surface area contributed by atoms with Crippen LogP contribution in [0.15, 0.2) is 24.3 Å². The van der Waals surface area contributed by atoms with E-state index in [1.807, 2.05) is 21.1 Å². The molecular formula is C28H52INO4P+. The second-order valence-electron chi connectivity index (χ2n) is 11.2. The molecule has 0 aromatic heterocycles. The summed E-state index contributed by atoms with van der Waals surface area (Å²) < 4.78 is 18.2. The van der Waals surface area contributed by atoms with Crippen LogP contribution in [0.5, 0.6) is 0 Å². The molecule has 5 nitrogen and oxygen atoms in total. The Balaban J connectivity index is 1.86. The molecule has 2 N–H and O–H groups in total. The molecule has 0 fully saturated rings. The van der Waals surface area contributed by atoms with E-state index in [2.05, 4.69) is 46.9 Å². The Labute approximate surface area is 229 Å². The van der Waals surface area contributed by atoms with Gasteiger partial charge in [0.2, 0.25) is 0 Å². The van der Waals surface area contributed by atoms with Crippen LogP contribution in [0.25, 0.3) is 0 Å². The van der Waals surface area contributed by atoms with E-state index >= 15 is 0 Å². The Hall–Kier alpha value is 0.0200. The van der Waals surface area contributed by atoms with Crippen molar-refractivity contribution in [2.45, 2.75) is 115 Å². The molecule has 1 aromatic carbocycles. The molecule has 0 heterocycles. The second-order valence-corrected chi connectivity index (χ2v) is 13.6. The fourth-order valence-electron chi connectivity index (χ4n) is 4.63. The van der Waals surface area contributed by atoms with Crippen molar-refractivity contribution in [2.75, 3.05) is 27.7 Å². The molecule has 0 saturated carbocycles. The highest BCUT2D eigenvalue weighted by Crippen LogP contribution is 2.39. The molecule has 0 aliphatic heterocycles. The first-order chi connectivity index (χ1) is 16.6. The number of unbranched alkanes of at least 4 members (excludes halogenated alkanes) is 14. The van der Waals surface area contributed by atoms with Crippen molar-refractivity contribution in [3.05, 3.63) is 33.4 Å². The molecule has 1 unspecified atom stereocenters. The van der Waals surface area contributed by atoms with Crippen molar-refractivity contribution in [1.82, 2.24) is 0 Å². The lowest BCUT2D eigenvalue weighted by atomic mass is 10.0. The van der Waals surface area contributed by atoms with Crippen molar-refractivity contribution in [1.29, 1.82) is 0 Å². The molecule has 0 spiro atoms. The molecule has 0 amide bonds. The maximum absolute atomic E-state index is 11.2. The molecule has 1 atom stereocenters. The van der Waals surface area contributed by atoms with Crippen LogP contribution in [-0.4, -0.2) is 48.1 Å². The Kier molecular flexibility index (Phi) is 18.1. The van der Waals surface area contributed by atoms with E-state index in [0.29, 0.717) is 17.4 Å². The molecule has 7 heteroatoms. The number of nitrogens with zero attached hydrogens (tertiary/aromatic N) is 1. The Bertz CT molecular complexity index is 687. The Morgan fingerprint density at radius 2 is 1.14 bits per heavy atom. The largest absolute Gasteiger partial charge is 0.470 e. The Morgan fingerprint density at radius 3 is 1.54 bits per heavy atom. The van der Waals surface area contributed by atoms with Crippen molar-refractivity contribution in [3.63, 3.8) is 0 Å². The number of benzene rings is 1. The first kappa shape index (κ1) is 33.0. The zero-order valence-electron chi connectivity index (χ0n) is 22.6. The van der Waals surface area contributed by atoms with Crippen LogP contribution in [0.2, 0.25) is 0 Å². The summed E-state index contributed by atoms with van der Waals surface area (Å²) in [6, 6.07) is 8.94. The standard InChI is InChI=1S/C28H51INO4P/c1-30(2,3)25-28(34-35(31,32)33)20-18-16-14-12-10-8-6-4-5-7-9-11-13-15-17-19-26-21-23-27(29)24-22-26/h21-24,28H,4-20,25H2,1-3H3,(H-,31,32,33)/p+1/i29-3. The van der Waals surface area contributed by atoms with Gasteiger partial charge in [-0.2, -0.15) is 0 Å². The summed E-state index contributed by atoms with van der Waals surface area (Å²) in [5.41, 5.74) is 1.47. The van der Waals surface area contributed by atoms with Gasteiger partial charge in [0.05, 0.1) is 21.1 Å². The zero-order valence-corrected chi connectivity index (χ0v) is 25.6. The molecule has 204 valence electrons. The fourth-order valence-corrected chi connectivity index (χ4v) is 5.55. The van der Waals surface area contributed by atoms with E-state index in [0.717, 1.165) is 12.8 Å². The van der Waals surface area contributed by atoms with Crippen molar-refractivity contribution >= 4 is 30.4 Å². The van der Waals surface area contributed by atoms with Crippen LogP contribution in [0, 0.1) is 3.57 Å². The van der Waals surface area contributed by atoms with Gasteiger partial charge in [0.1, 0.15) is 12.6 Å². The van der Waals surface area contributed by atoms with E-state index in [9.17, 15) is 4.57 Å². The molecule has 1 aromatic rings. The van der Waals surface area contributed by atoms with Crippen molar-refractivity contribution < 1.29 is 23.4 Å². The number of hydrogen-bond acceptors (Lipinski definition) is 2. The van der Waals surface area contributed by atoms with Gasteiger partial charge in [0, 0.05) is 3.57 Å². The van der Waals surface area contributed by atoms with Crippen molar-refractivity contribution in [3.8, 4) is 0 Å². The number of hydrogen-bond donors (Lipinski definition) is 2. The topological polar surface area (TPSA) is 66.8 Å². The molecule has 0 bridgehead atoms. The smallest absolute Gasteiger partial charge is 0.329 e. The first-order valence-corrected chi connectivity index (χ1v) is 16.4. The van der Waals surface area contributed by atoms with Gasteiger partial charge in [-0.25, -0.2) is 4.57 Å². The zero-order chi connectivity index (χ0) is 26.0. The van der Waals surface area contributed by atoms with E-state index in [-0.39, 0.29) is 6.10 Å². The first-order valence-electron chi connectivity index (χ1n) is 13.8. The molecule has 0 saturated heterocycles. The number of quaternary nitrogens is 1. The minimum Gasteiger partial charge on any atom is -0.329 e. The summed E-state index contributed by atoms with van der Waals surface area (Å²) in [6.45, 7) is 0.610. The number of halogens is 1. The van der Waals surface area contributed by atoms with Crippen LogP contribution >= 0.6 is 30.4 Å². The van der Waals surface area contributed by atoms with Crippen LogP contribution in [0.4, 0.5) is 0 Å². The summed E-state index contributed by atoms with van der Waals surface area (Å²) in [7, 11) is 1.63. The van der Waals surface area contributed by atoms with Gasteiger partial charge in [-0.3, -0.25) is 4.52 Å². The third-order valence-corrected chi connectivity index (χ3v) is 7.73. The predicted octanol–water partition coefficient (Wildman–Crippen LogP) is 8.26. The van der Waals surface area contributed by atoms with Crippen LogP contribution in [0.3, 0.4) is 0 Å². The van der Waals surface area contributed by atoms with E-state index < -0.39 is 7.82 Å². The van der Waals surface area contributed by atoms with Crippen LogP contribution < -0.4 is 0 Å². The maximum Gasteiger partial charge on any atom is 0.470 e. The van der Waals surface area contributed by atoms with Gasteiger partial charge in [-0.15, -0.1) is 0 Å². The van der Waals surface area contributed by atoms with Crippen molar-refractivity contribution in [2.24, 2.45) is 0 Å². The predicted molar refractivity (Wildman–Crippen MR) is 157 cm³/mol. The molecule has 0 radical (unpaired) electrons. The molecule has 1 rings (SSSR count). The minimum absolute atomic E-state index is 0.380. The van der Waals surface area contributed by atoms with Crippen LogP contribution in [-0.2, 0) is 15.5 Å². The second kappa shape index (κ2) is 19.1. The summed E-state index contributed by atoms with van der Waals surface area (Å²) in [5, 5.41) is 0. The summed E-state index contributed by atoms with van der Waals surface area (Å²) in [4.78, 5) is 18.3. The number of aryl methyl sites for hydroxylation is 1. The number of phosphoric acid groups is 1. The van der Waals surface area contributed by atoms with Gasteiger partial charge in [-0.1, -0.05) is 102 Å². The summed E-state index contributed by atoms with van der Waals surface area (Å²) in [6.07, 6.45) is 21.1. The number of likely N-dealkylation sites (N-methyl/N-ethyl adjacent to an activating group) is 1. The van der Waals surface area contributed by atoms with E-state index in [1.165, 1.54) is 99.0 Å². The SMILES string of the molecule is C[N+](C)(C)CC(CCCCCCCCCCCCCCCCCc1ccc([124I])cc1)OP(=O)(O)O. The van der Waals surface area contributed by atoms with Crippen LogP contribution in [0.1, 0.15) is 108 Å². The number of rotatable bonds is 22. The fraction of sp³-hybridized carbons (Fsp3) is 0.786. The highest BCUT2D eigenvalue weighted by Gasteiger charge is 2.26. The average molecular weight is 622 g/mol. The maximum atomic E-state index is 11.2. The monoisotopic (exact) mass is 621 g/mol. The quantitative estimate of drug-likeness (QED) is 0.0592. The van der Waals surface area contributed by atoms with Gasteiger partial charge in [-0.05, 0) is 59.5 Å². The normalized spacial score (nSPS) is 13.3. The lowest BCUT2D eigenvalue weighted by Crippen LogP contribution is -2.42. The van der Waals surface area contributed by atoms with Gasteiger partial charge >= 0.3 is 7.82 Å². The average Bonchev–Trinajstić information content (AvgIpc) is 2.75. The van der Waals surface area contributed by atoms with Gasteiger partial charge < -0.3 is 14.3 Å². The summed E-state index contributed by atoms with van der Waals surface area (Å²) >= 11 is 2.36.